The van der Waals surface area contributed by atoms with Crippen molar-refractivity contribution in [1.29, 1.82) is 0 Å². The fourth-order valence-corrected chi connectivity index (χ4v) is 2.64. The van der Waals surface area contributed by atoms with Gasteiger partial charge in [0.05, 0.1) is 0 Å². The van der Waals surface area contributed by atoms with Gasteiger partial charge in [-0.1, -0.05) is 0 Å². The molecule has 0 aliphatic carbocycles. The summed E-state index contributed by atoms with van der Waals surface area (Å²) in [6, 6.07) is 6.88. The molecule has 0 spiro atoms. The van der Waals surface area contributed by atoms with Gasteiger partial charge in [0, 0.05) is 32.4 Å². The Morgan fingerprint density at radius 2 is 1.71 bits per heavy atom. The van der Waals surface area contributed by atoms with Crippen LogP contribution in [0.5, 0.6) is 0 Å². The first-order valence-corrected chi connectivity index (χ1v) is 7.42. The number of hydrogen-bond donors (Lipinski definition) is 1. The minimum absolute atomic E-state index is 0.0344. The molecule has 2 amide bonds. The van der Waals surface area contributed by atoms with E-state index in [2.05, 4.69) is 20.9 Å². The number of H-pyrrole nitrogens is 1. The van der Waals surface area contributed by atoms with Crippen molar-refractivity contribution < 1.29 is 14.0 Å². The van der Waals surface area contributed by atoms with E-state index < -0.39 is 0 Å². The molecule has 3 rings (SSSR count). The number of carbonyl (C=O) groups is 2. The van der Waals surface area contributed by atoms with E-state index in [1.165, 1.54) is 0 Å². The topological polar surface area (TPSA) is 69.6 Å². The third kappa shape index (κ3) is 2.87. The number of nitrogens with zero attached hydrogens (tertiary/aromatic N) is 2. The Labute approximate surface area is 129 Å². The van der Waals surface area contributed by atoms with Crippen LogP contribution in [0.1, 0.15) is 21.0 Å². The van der Waals surface area contributed by atoms with Crippen LogP contribution >= 0.6 is 15.9 Å². The van der Waals surface area contributed by atoms with E-state index in [1.807, 2.05) is 0 Å². The summed E-state index contributed by atoms with van der Waals surface area (Å²) >= 11 is 3.18. The van der Waals surface area contributed by atoms with Gasteiger partial charge in [-0.2, -0.15) is 0 Å². The van der Waals surface area contributed by atoms with E-state index in [9.17, 15) is 9.59 Å². The first kappa shape index (κ1) is 13.9. The summed E-state index contributed by atoms with van der Waals surface area (Å²) in [4.78, 5) is 30.7. The molecular weight excluding hydrogens is 338 g/mol. The zero-order valence-corrected chi connectivity index (χ0v) is 12.8. The van der Waals surface area contributed by atoms with Gasteiger partial charge in [-0.25, -0.2) is 0 Å². The van der Waals surface area contributed by atoms with E-state index in [0.29, 0.717) is 42.3 Å². The number of halogens is 1. The number of hydrogen-bond acceptors (Lipinski definition) is 3. The van der Waals surface area contributed by atoms with Crippen LogP contribution in [0.25, 0.3) is 0 Å². The van der Waals surface area contributed by atoms with Crippen LogP contribution < -0.4 is 0 Å². The highest BCUT2D eigenvalue weighted by Gasteiger charge is 2.27. The lowest BCUT2D eigenvalue weighted by Gasteiger charge is -2.34. The van der Waals surface area contributed by atoms with Crippen LogP contribution in [-0.2, 0) is 0 Å². The molecule has 2 aromatic rings. The number of furan rings is 1. The second-order valence-corrected chi connectivity index (χ2v) is 5.55. The van der Waals surface area contributed by atoms with Crippen molar-refractivity contribution in [2.75, 3.05) is 26.2 Å². The van der Waals surface area contributed by atoms with Crippen LogP contribution in [0.4, 0.5) is 0 Å². The van der Waals surface area contributed by atoms with Crippen molar-refractivity contribution in [2.24, 2.45) is 0 Å². The maximum absolute atomic E-state index is 12.2. The summed E-state index contributed by atoms with van der Waals surface area (Å²) < 4.78 is 5.81. The molecule has 0 radical (unpaired) electrons. The van der Waals surface area contributed by atoms with Crippen molar-refractivity contribution in [3.8, 4) is 0 Å². The molecule has 21 heavy (non-hydrogen) atoms. The number of carbonyl (C=O) groups excluding carboxylic acids is 2. The number of piperazine rings is 1. The molecule has 1 aliphatic rings. The molecule has 0 atom stereocenters. The van der Waals surface area contributed by atoms with Crippen LogP contribution in [-0.4, -0.2) is 52.8 Å². The Morgan fingerprint density at radius 3 is 2.24 bits per heavy atom. The van der Waals surface area contributed by atoms with Gasteiger partial charge in [-0.3, -0.25) is 9.59 Å². The minimum Gasteiger partial charge on any atom is -0.444 e. The minimum atomic E-state index is -0.146. The lowest BCUT2D eigenvalue weighted by molar-refractivity contribution is 0.0515. The zero-order chi connectivity index (χ0) is 14.8. The van der Waals surface area contributed by atoms with E-state index in [1.54, 1.807) is 40.3 Å². The Hall–Kier alpha value is -2.02. The van der Waals surface area contributed by atoms with Crippen LogP contribution in [0.3, 0.4) is 0 Å². The molecule has 6 nitrogen and oxygen atoms in total. The van der Waals surface area contributed by atoms with Gasteiger partial charge in [0.15, 0.2) is 10.4 Å². The maximum Gasteiger partial charge on any atom is 0.289 e. The number of rotatable bonds is 2. The van der Waals surface area contributed by atoms with E-state index in [0.717, 1.165) is 0 Å². The number of aromatic amines is 1. The molecule has 7 heteroatoms. The van der Waals surface area contributed by atoms with Crippen LogP contribution in [0, 0.1) is 0 Å². The van der Waals surface area contributed by atoms with E-state index >= 15 is 0 Å². The maximum atomic E-state index is 12.2. The van der Waals surface area contributed by atoms with Gasteiger partial charge >= 0.3 is 0 Å². The van der Waals surface area contributed by atoms with Crippen molar-refractivity contribution in [3.63, 3.8) is 0 Å². The fraction of sp³-hybridized carbons (Fsp3) is 0.286. The fourth-order valence-electron chi connectivity index (χ4n) is 2.33. The SMILES string of the molecule is O=C(c1ccc[nH]1)N1CCN(C(=O)c2ccc(Br)o2)CC1. The second-order valence-electron chi connectivity index (χ2n) is 4.77. The van der Waals surface area contributed by atoms with E-state index in [4.69, 9.17) is 4.42 Å². The lowest BCUT2D eigenvalue weighted by atomic mass is 10.2. The van der Waals surface area contributed by atoms with Crippen molar-refractivity contribution in [2.45, 2.75) is 0 Å². The van der Waals surface area contributed by atoms with Crippen molar-refractivity contribution >= 4 is 27.7 Å². The molecule has 3 heterocycles. The molecule has 2 aromatic heterocycles. The Balaban J connectivity index is 1.60. The molecule has 1 saturated heterocycles. The third-order valence-corrected chi connectivity index (χ3v) is 3.89. The molecule has 110 valence electrons. The summed E-state index contributed by atoms with van der Waals surface area (Å²) in [6.45, 7) is 2.05. The molecular formula is C14H14BrN3O3. The van der Waals surface area contributed by atoms with Gasteiger partial charge in [0.25, 0.3) is 11.8 Å². The van der Waals surface area contributed by atoms with E-state index in [-0.39, 0.29) is 11.8 Å². The molecule has 0 aromatic carbocycles. The van der Waals surface area contributed by atoms with Gasteiger partial charge in [-0.15, -0.1) is 0 Å². The average Bonchev–Trinajstić information content (AvgIpc) is 3.17. The summed E-state index contributed by atoms with van der Waals surface area (Å²) in [5.41, 5.74) is 0.574. The largest absolute Gasteiger partial charge is 0.444 e. The highest BCUT2D eigenvalue weighted by Crippen LogP contribution is 2.17. The monoisotopic (exact) mass is 351 g/mol. The van der Waals surface area contributed by atoms with Gasteiger partial charge in [0.1, 0.15) is 5.69 Å². The lowest BCUT2D eigenvalue weighted by Crippen LogP contribution is -2.50. The molecule has 1 fully saturated rings. The molecule has 1 aliphatic heterocycles. The Bertz CT molecular complexity index is 642. The first-order valence-electron chi connectivity index (χ1n) is 6.62. The molecule has 0 bridgehead atoms. The average molecular weight is 352 g/mol. The van der Waals surface area contributed by atoms with Crippen LogP contribution in [0.2, 0.25) is 0 Å². The summed E-state index contributed by atoms with van der Waals surface area (Å²) in [5.74, 6) is 0.131. The van der Waals surface area contributed by atoms with Gasteiger partial charge in [0.2, 0.25) is 0 Å². The second kappa shape index (κ2) is 5.77. The predicted octanol–water partition coefficient (Wildman–Crippen LogP) is 1.97. The van der Waals surface area contributed by atoms with Crippen molar-refractivity contribution in [1.82, 2.24) is 14.8 Å². The van der Waals surface area contributed by atoms with Gasteiger partial charge < -0.3 is 19.2 Å². The summed E-state index contributed by atoms with van der Waals surface area (Å²) in [5, 5.41) is 0. The normalized spacial score (nSPS) is 15.3. The summed E-state index contributed by atoms with van der Waals surface area (Å²) in [7, 11) is 0. The van der Waals surface area contributed by atoms with Gasteiger partial charge in [-0.05, 0) is 40.2 Å². The third-order valence-electron chi connectivity index (χ3n) is 3.47. The standard InChI is InChI=1S/C14H14BrN3O3/c15-12-4-3-11(21-12)14(20)18-8-6-17(7-9-18)13(19)10-2-1-5-16-10/h1-5,16H,6-9H2. The Kier molecular flexibility index (Phi) is 3.83. The summed E-state index contributed by atoms with van der Waals surface area (Å²) in [6.07, 6.45) is 1.72. The van der Waals surface area contributed by atoms with Crippen molar-refractivity contribution in [3.05, 3.63) is 46.6 Å². The first-order chi connectivity index (χ1) is 10.1. The van der Waals surface area contributed by atoms with Crippen LogP contribution in [0.15, 0.2) is 39.5 Å². The highest BCUT2D eigenvalue weighted by molar-refractivity contribution is 9.10. The Morgan fingerprint density at radius 1 is 1.05 bits per heavy atom. The predicted molar refractivity (Wildman–Crippen MR) is 79.0 cm³/mol. The molecule has 0 unspecified atom stereocenters. The highest BCUT2D eigenvalue weighted by atomic mass is 79.9. The molecule has 0 saturated carbocycles. The number of nitrogens with one attached hydrogen (secondary N) is 1. The zero-order valence-electron chi connectivity index (χ0n) is 11.2. The number of aromatic nitrogens is 1. The number of amides is 2. The smallest absolute Gasteiger partial charge is 0.289 e. The molecule has 1 N–H and O–H groups in total. The quantitative estimate of drug-likeness (QED) is 0.899.